The summed E-state index contributed by atoms with van der Waals surface area (Å²) in [6.07, 6.45) is 3.32. The topological polar surface area (TPSA) is 78.5 Å². The standard InChI is InChI=1S/C6H12O.C4H11N.C3H8.C2H7NO.C2H6N.C2H5.V/c1-5(2)6(3)4-7;1-3-4(2)5;1-3-2;1-3-4-2;1-3-2;1-2;/h4-6H,1-3H3;4H,3,5H2,1-2H3;3H2,1-2H3;3H,1-2H3;1-2H3;1H2,2H3;/q;;;;2*-1;+2/t;4-;;;;;/m.0...../s1. The molecule has 3 N–H and O–H groups in total. The smallest absolute Gasteiger partial charge is 0.668 e. The summed E-state index contributed by atoms with van der Waals surface area (Å²) in [5, 5.41) is 3.50. The Morgan fingerprint density at radius 1 is 1.12 bits per heavy atom. The summed E-state index contributed by atoms with van der Waals surface area (Å²) in [6.45, 7) is 19.3. The van der Waals surface area contributed by atoms with Gasteiger partial charge in [-0.15, -0.1) is 0 Å². The molecule has 0 amide bonds. The van der Waals surface area contributed by atoms with Gasteiger partial charge in [0.1, 0.15) is 6.29 Å². The van der Waals surface area contributed by atoms with Crippen molar-refractivity contribution in [2.45, 2.75) is 74.3 Å². The van der Waals surface area contributed by atoms with Crippen LogP contribution in [-0.4, -0.2) is 40.6 Å². The van der Waals surface area contributed by atoms with Crippen LogP contribution in [0.4, 0.5) is 0 Å². The van der Waals surface area contributed by atoms with E-state index >= 15 is 0 Å². The number of hydroxylamine groups is 1. The zero-order valence-corrected chi connectivity index (χ0v) is 20.6. The molecular weight excluding hydrogens is 353 g/mol. The molecule has 5 nitrogen and oxygen atoms in total. The van der Waals surface area contributed by atoms with E-state index in [4.69, 9.17) is 5.73 Å². The van der Waals surface area contributed by atoms with Crippen molar-refractivity contribution in [2.75, 3.05) is 28.3 Å². The molecule has 0 saturated heterocycles. The predicted octanol–water partition coefficient (Wildman–Crippen LogP) is 4.86. The summed E-state index contributed by atoms with van der Waals surface area (Å²) in [6, 6.07) is 0.384. The zero-order valence-electron chi connectivity index (χ0n) is 19.2. The van der Waals surface area contributed by atoms with Crippen molar-refractivity contribution in [3.05, 3.63) is 12.2 Å². The van der Waals surface area contributed by atoms with E-state index in [9.17, 15) is 4.79 Å². The number of hydrogen-bond acceptors (Lipinski definition) is 4. The molecule has 6 heteroatoms. The number of hydrogen-bond donors (Lipinski definition) is 2. The molecule has 0 spiro atoms. The Bertz CT molecular complexity index is 158. The fourth-order valence-corrected chi connectivity index (χ4v) is 0.157. The van der Waals surface area contributed by atoms with Gasteiger partial charge in [0.05, 0.1) is 7.11 Å². The van der Waals surface area contributed by atoms with E-state index in [-0.39, 0.29) is 24.5 Å². The summed E-state index contributed by atoms with van der Waals surface area (Å²) in [7, 11) is 6.78. The molecule has 0 aliphatic carbocycles. The second-order valence-corrected chi connectivity index (χ2v) is 5.19. The molecular formula is C19H49N3O2V. The first-order valence-electron chi connectivity index (χ1n) is 8.79. The average Bonchev–Trinajstić information content (AvgIpc) is 2.58. The summed E-state index contributed by atoms with van der Waals surface area (Å²) in [4.78, 5) is 14.2. The summed E-state index contributed by atoms with van der Waals surface area (Å²) in [5.41, 5.74) is 7.72. The van der Waals surface area contributed by atoms with E-state index in [1.165, 1.54) is 6.42 Å². The Labute approximate surface area is 172 Å². The molecule has 25 heavy (non-hydrogen) atoms. The number of nitrogens with two attached hydrogens (primary N) is 1. The van der Waals surface area contributed by atoms with Crippen LogP contribution >= 0.6 is 0 Å². The van der Waals surface area contributed by atoms with Crippen LogP contribution in [-0.2, 0) is 28.2 Å². The van der Waals surface area contributed by atoms with Gasteiger partial charge < -0.3 is 27.6 Å². The summed E-state index contributed by atoms with van der Waals surface area (Å²) in [5.74, 6) is 0.720. The van der Waals surface area contributed by atoms with Gasteiger partial charge in [0.2, 0.25) is 0 Å². The number of nitrogens with zero attached hydrogens (tertiary/aromatic N) is 1. The van der Waals surface area contributed by atoms with Crippen molar-refractivity contribution in [3.63, 3.8) is 0 Å². The van der Waals surface area contributed by atoms with E-state index in [0.717, 1.165) is 12.7 Å². The monoisotopic (exact) mass is 402 g/mol. The minimum atomic E-state index is 0. The predicted molar refractivity (Wildman–Crippen MR) is 112 cm³/mol. The average molecular weight is 403 g/mol. The van der Waals surface area contributed by atoms with Gasteiger partial charge >= 0.3 is 18.6 Å². The molecule has 1 radical (unpaired) electrons. The fourth-order valence-electron chi connectivity index (χ4n) is 0.157. The van der Waals surface area contributed by atoms with Crippen molar-refractivity contribution in [3.8, 4) is 0 Å². The molecule has 0 bridgehead atoms. The quantitative estimate of drug-likeness (QED) is 0.400. The van der Waals surface area contributed by atoms with Gasteiger partial charge in [0.15, 0.2) is 0 Å². The first kappa shape index (κ1) is 44.5. The maximum absolute atomic E-state index is 9.95. The van der Waals surface area contributed by atoms with Crippen molar-refractivity contribution in [1.82, 2.24) is 5.48 Å². The van der Waals surface area contributed by atoms with Crippen LogP contribution < -0.4 is 11.2 Å². The Balaban J connectivity index is -0.0000000325. The van der Waals surface area contributed by atoms with Gasteiger partial charge in [-0.05, 0) is 19.3 Å². The molecule has 0 aromatic rings. The minimum absolute atomic E-state index is 0. The van der Waals surface area contributed by atoms with Crippen LogP contribution in [0.5, 0.6) is 0 Å². The first-order valence-corrected chi connectivity index (χ1v) is 8.79. The maximum Gasteiger partial charge on any atom is 2.00 e. The SMILES string of the molecule is CC(C)C(C)C=O.CCC.CC[C@H](C)N.CNOC.C[N-]C.[CH2-]C.[V+2]. The van der Waals surface area contributed by atoms with Crippen LogP contribution in [0.1, 0.15) is 68.2 Å². The molecule has 0 fully saturated rings. The number of nitrogens with one attached hydrogen (secondary N) is 1. The third-order valence-corrected chi connectivity index (χ3v) is 2.11. The fraction of sp³-hybridized carbons (Fsp3) is 0.895. The van der Waals surface area contributed by atoms with E-state index in [1.807, 2.05) is 27.7 Å². The molecule has 0 saturated carbocycles. The van der Waals surface area contributed by atoms with Gasteiger partial charge in [-0.25, -0.2) is 5.48 Å². The summed E-state index contributed by atoms with van der Waals surface area (Å²) < 4.78 is 0. The molecule has 0 aromatic carbocycles. The maximum atomic E-state index is 9.95. The number of carbonyl (C=O) groups is 1. The Morgan fingerprint density at radius 2 is 1.32 bits per heavy atom. The van der Waals surface area contributed by atoms with Crippen LogP contribution in [0.3, 0.4) is 0 Å². The van der Waals surface area contributed by atoms with Gasteiger partial charge in [-0.3, -0.25) is 0 Å². The minimum Gasteiger partial charge on any atom is -0.668 e. The molecule has 0 aromatic heterocycles. The Kier molecular flexibility index (Phi) is 100. The van der Waals surface area contributed by atoms with Crippen LogP contribution in [0.2, 0.25) is 0 Å². The Hall–Kier alpha value is 0.0944. The van der Waals surface area contributed by atoms with Crippen molar-refractivity contribution in [2.24, 2.45) is 17.6 Å². The molecule has 0 rings (SSSR count). The van der Waals surface area contributed by atoms with Crippen LogP contribution in [0, 0.1) is 18.8 Å². The Morgan fingerprint density at radius 3 is 1.32 bits per heavy atom. The van der Waals surface area contributed by atoms with E-state index in [1.54, 1.807) is 35.2 Å². The number of aldehydes is 1. The van der Waals surface area contributed by atoms with Crippen molar-refractivity contribution >= 4 is 6.29 Å². The third-order valence-electron chi connectivity index (χ3n) is 2.11. The normalized spacial score (nSPS) is 9.88. The first-order chi connectivity index (χ1) is 11.2. The van der Waals surface area contributed by atoms with Gasteiger partial charge in [0, 0.05) is 19.0 Å². The van der Waals surface area contributed by atoms with E-state index < -0.39 is 0 Å². The number of carbonyl (C=O) groups excluding carboxylic acids is 1. The second-order valence-electron chi connectivity index (χ2n) is 5.19. The van der Waals surface area contributed by atoms with Gasteiger partial charge in [0.25, 0.3) is 0 Å². The third kappa shape index (κ3) is 142. The summed E-state index contributed by atoms with van der Waals surface area (Å²) >= 11 is 0. The van der Waals surface area contributed by atoms with Gasteiger partial charge in [-0.2, -0.15) is 21.0 Å². The van der Waals surface area contributed by atoms with Crippen LogP contribution in [0.15, 0.2) is 0 Å². The largest absolute Gasteiger partial charge is 2.00 e. The molecule has 2 atom stereocenters. The molecule has 0 aliphatic heterocycles. The molecule has 157 valence electrons. The zero-order chi connectivity index (χ0) is 21.0. The molecule has 1 unspecified atom stereocenters. The van der Waals surface area contributed by atoms with Crippen LogP contribution in [0.25, 0.3) is 5.32 Å². The molecule has 0 heterocycles. The van der Waals surface area contributed by atoms with E-state index in [2.05, 4.69) is 43.3 Å². The van der Waals surface area contributed by atoms with Crippen molar-refractivity contribution < 1.29 is 28.2 Å². The molecule has 0 aliphatic rings. The van der Waals surface area contributed by atoms with Crippen molar-refractivity contribution in [1.29, 1.82) is 0 Å². The number of rotatable bonds is 4. The van der Waals surface area contributed by atoms with Gasteiger partial charge in [-0.1, -0.05) is 48.0 Å². The van der Waals surface area contributed by atoms with E-state index in [0.29, 0.717) is 12.0 Å². The second kappa shape index (κ2) is 56.4.